The zero-order chi connectivity index (χ0) is 14.8. The van der Waals surface area contributed by atoms with Gasteiger partial charge in [0.05, 0.1) is 5.33 Å². The van der Waals surface area contributed by atoms with Gasteiger partial charge in [-0.05, 0) is 30.7 Å². The van der Waals surface area contributed by atoms with Gasteiger partial charge in [-0.15, -0.1) is 10.2 Å². The van der Waals surface area contributed by atoms with Crippen LogP contribution >= 0.6 is 31.9 Å². The maximum absolute atomic E-state index is 4.40. The van der Waals surface area contributed by atoms with Crippen molar-refractivity contribution in [3.63, 3.8) is 0 Å². The molecule has 0 saturated carbocycles. The Morgan fingerprint density at radius 3 is 2.48 bits per heavy atom. The van der Waals surface area contributed by atoms with Crippen molar-refractivity contribution in [2.75, 3.05) is 0 Å². The molecule has 0 aliphatic heterocycles. The lowest BCUT2D eigenvalue weighted by atomic mass is 10.1. The molecule has 0 fully saturated rings. The summed E-state index contributed by atoms with van der Waals surface area (Å²) in [5, 5.41) is 9.36. The van der Waals surface area contributed by atoms with E-state index in [2.05, 4.69) is 71.7 Å². The molecule has 0 amide bonds. The van der Waals surface area contributed by atoms with Crippen LogP contribution in [-0.2, 0) is 5.33 Å². The first-order chi connectivity index (χ1) is 10.2. The molecule has 0 spiro atoms. The summed E-state index contributed by atoms with van der Waals surface area (Å²) in [5.74, 6) is 1.74. The molecule has 3 nitrogen and oxygen atoms in total. The zero-order valence-corrected chi connectivity index (χ0v) is 14.6. The van der Waals surface area contributed by atoms with Gasteiger partial charge in [0.2, 0.25) is 0 Å². The Morgan fingerprint density at radius 1 is 1.00 bits per heavy atom. The van der Waals surface area contributed by atoms with Gasteiger partial charge in [-0.25, -0.2) is 0 Å². The number of para-hydroxylation sites is 1. The highest BCUT2D eigenvalue weighted by atomic mass is 79.9. The second-order valence-electron chi connectivity index (χ2n) is 4.66. The van der Waals surface area contributed by atoms with Gasteiger partial charge in [-0.1, -0.05) is 62.2 Å². The highest BCUT2D eigenvalue weighted by Gasteiger charge is 2.16. The summed E-state index contributed by atoms with van der Waals surface area (Å²) in [6.45, 7) is 2.08. The second kappa shape index (κ2) is 6.12. The summed E-state index contributed by atoms with van der Waals surface area (Å²) in [4.78, 5) is 0. The maximum atomic E-state index is 4.40. The van der Waals surface area contributed by atoms with Crippen LogP contribution < -0.4 is 0 Å². The minimum atomic E-state index is 0.655. The first-order valence-electron chi connectivity index (χ1n) is 6.53. The Labute approximate surface area is 140 Å². The average molecular weight is 407 g/mol. The Morgan fingerprint density at radius 2 is 1.76 bits per heavy atom. The minimum Gasteiger partial charge on any atom is -0.278 e. The van der Waals surface area contributed by atoms with Crippen molar-refractivity contribution >= 4 is 31.9 Å². The number of aromatic nitrogens is 3. The van der Waals surface area contributed by atoms with Gasteiger partial charge in [-0.3, -0.25) is 4.57 Å². The van der Waals surface area contributed by atoms with Crippen molar-refractivity contribution in [3.05, 3.63) is 64.4 Å². The fourth-order valence-corrected chi connectivity index (χ4v) is 3.00. The molecule has 0 saturated heterocycles. The number of halogens is 2. The van der Waals surface area contributed by atoms with Crippen molar-refractivity contribution in [1.29, 1.82) is 0 Å². The summed E-state index contributed by atoms with van der Waals surface area (Å²) >= 11 is 7.07. The van der Waals surface area contributed by atoms with Gasteiger partial charge >= 0.3 is 0 Å². The first-order valence-corrected chi connectivity index (χ1v) is 8.45. The SMILES string of the molecule is Cc1c(Br)cccc1-c1nnc(CBr)n1-c1ccccc1. The highest BCUT2D eigenvalue weighted by Crippen LogP contribution is 2.30. The van der Waals surface area contributed by atoms with Crippen molar-refractivity contribution in [2.24, 2.45) is 0 Å². The van der Waals surface area contributed by atoms with Crippen LogP contribution in [-0.4, -0.2) is 14.8 Å². The molecule has 0 atom stereocenters. The molecule has 5 heteroatoms. The predicted octanol–water partition coefficient (Wildman–Crippen LogP) is 4.90. The number of hydrogen-bond acceptors (Lipinski definition) is 2. The number of alkyl halides is 1. The van der Waals surface area contributed by atoms with Gasteiger partial charge in [0.25, 0.3) is 0 Å². The number of rotatable bonds is 3. The number of nitrogens with zero attached hydrogens (tertiary/aromatic N) is 3. The van der Waals surface area contributed by atoms with Gasteiger partial charge in [0, 0.05) is 15.7 Å². The molecule has 3 rings (SSSR count). The predicted molar refractivity (Wildman–Crippen MR) is 91.9 cm³/mol. The molecule has 1 aromatic heterocycles. The van der Waals surface area contributed by atoms with Crippen LogP contribution in [0.15, 0.2) is 53.0 Å². The maximum Gasteiger partial charge on any atom is 0.168 e. The Hall–Kier alpha value is -1.46. The van der Waals surface area contributed by atoms with Crippen LogP contribution in [0.3, 0.4) is 0 Å². The van der Waals surface area contributed by atoms with Crippen LogP contribution in [0.1, 0.15) is 11.4 Å². The molecule has 0 radical (unpaired) electrons. The lowest BCUT2D eigenvalue weighted by molar-refractivity contribution is 0.961. The summed E-state index contributed by atoms with van der Waals surface area (Å²) in [7, 11) is 0. The molecule has 21 heavy (non-hydrogen) atoms. The third kappa shape index (κ3) is 2.68. The van der Waals surface area contributed by atoms with Crippen molar-refractivity contribution < 1.29 is 0 Å². The van der Waals surface area contributed by atoms with E-state index in [9.17, 15) is 0 Å². The van der Waals surface area contributed by atoms with E-state index in [1.807, 2.05) is 30.3 Å². The summed E-state index contributed by atoms with van der Waals surface area (Å²) in [5.41, 5.74) is 3.29. The Bertz CT molecular complexity index is 766. The first kappa shape index (κ1) is 14.5. The zero-order valence-electron chi connectivity index (χ0n) is 11.4. The molecule has 3 aromatic rings. The smallest absolute Gasteiger partial charge is 0.168 e. The van der Waals surface area contributed by atoms with E-state index in [-0.39, 0.29) is 0 Å². The quantitative estimate of drug-likeness (QED) is 0.579. The van der Waals surface area contributed by atoms with E-state index in [0.29, 0.717) is 5.33 Å². The lowest BCUT2D eigenvalue weighted by Gasteiger charge is -2.11. The molecule has 106 valence electrons. The van der Waals surface area contributed by atoms with Gasteiger partial charge in [-0.2, -0.15) is 0 Å². The van der Waals surface area contributed by atoms with E-state index in [0.717, 1.165) is 32.9 Å². The van der Waals surface area contributed by atoms with Crippen LogP contribution in [0.2, 0.25) is 0 Å². The van der Waals surface area contributed by atoms with Crippen molar-refractivity contribution in [2.45, 2.75) is 12.3 Å². The number of benzene rings is 2. The minimum absolute atomic E-state index is 0.655. The fourth-order valence-electron chi connectivity index (χ4n) is 2.28. The van der Waals surface area contributed by atoms with Crippen LogP contribution in [0.25, 0.3) is 17.1 Å². The molecule has 0 aliphatic carbocycles. The second-order valence-corrected chi connectivity index (χ2v) is 6.07. The Balaban J connectivity index is 2.25. The Kier molecular flexibility index (Phi) is 4.22. The molecule has 2 aromatic carbocycles. The molecule has 0 bridgehead atoms. The summed E-state index contributed by atoms with van der Waals surface area (Å²) in [6.07, 6.45) is 0. The van der Waals surface area contributed by atoms with Gasteiger partial charge < -0.3 is 0 Å². The van der Waals surface area contributed by atoms with E-state index in [4.69, 9.17) is 0 Å². The van der Waals surface area contributed by atoms with E-state index >= 15 is 0 Å². The van der Waals surface area contributed by atoms with Crippen molar-refractivity contribution in [3.8, 4) is 17.1 Å². The fraction of sp³-hybridized carbons (Fsp3) is 0.125. The van der Waals surface area contributed by atoms with Crippen LogP contribution in [0.4, 0.5) is 0 Å². The topological polar surface area (TPSA) is 30.7 Å². The molecular weight excluding hydrogens is 394 g/mol. The largest absolute Gasteiger partial charge is 0.278 e. The average Bonchev–Trinajstić information content (AvgIpc) is 2.94. The number of hydrogen-bond donors (Lipinski definition) is 0. The van der Waals surface area contributed by atoms with Gasteiger partial charge in [0.1, 0.15) is 5.82 Å². The van der Waals surface area contributed by atoms with Crippen LogP contribution in [0, 0.1) is 6.92 Å². The van der Waals surface area contributed by atoms with E-state index in [1.165, 1.54) is 0 Å². The normalized spacial score (nSPS) is 10.8. The highest BCUT2D eigenvalue weighted by molar-refractivity contribution is 9.10. The lowest BCUT2D eigenvalue weighted by Crippen LogP contribution is -2.02. The van der Waals surface area contributed by atoms with E-state index in [1.54, 1.807) is 0 Å². The molecule has 0 aliphatic rings. The standard InChI is InChI=1S/C16H13Br2N3/c1-11-13(8-5-9-14(11)18)16-20-19-15(10-17)21(16)12-6-3-2-4-7-12/h2-9H,10H2,1H3. The summed E-state index contributed by atoms with van der Waals surface area (Å²) < 4.78 is 3.16. The van der Waals surface area contributed by atoms with E-state index < -0.39 is 0 Å². The van der Waals surface area contributed by atoms with Gasteiger partial charge in [0.15, 0.2) is 5.82 Å². The third-order valence-corrected chi connectivity index (χ3v) is 4.73. The van der Waals surface area contributed by atoms with Crippen LogP contribution in [0.5, 0.6) is 0 Å². The molecule has 0 unspecified atom stereocenters. The summed E-state index contributed by atoms with van der Waals surface area (Å²) in [6, 6.07) is 16.3. The third-order valence-electron chi connectivity index (χ3n) is 3.37. The molecule has 0 N–H and O–H groups in total. The van der Waals surface area contributed by atoms with Crippen molar-refractivity contribution in [1.82, 2.24) is 14.8 Å². The monoisotopic (exact) mass is 405 g/mol. The molecule has 1 heterocycles. The molecular formula is C16H13Br2N3.